The van der Waals surface area contributed by atoms with Crippen LogP contribution < -0.4 is 14.8 Å². The number of aryl methyl sites for hydroxylation is 1. The van der Waals surface area contributed by atoms with Gasteiger partial charge in [0.05, 0.1) is 18.0 Å². The molecule has 210 valence electrons. The first kappa shape index (κ1) is 27.9. The Morgan fingerprint density at radius 2 is 1.73 bits per heavy atom. The van der Waals surface area contributed by atoms with Crippen molar-refractivity contribution in [3.8, 4) is 17.0 Å². The third-order valence-corrected chi connectivity index (χ3v) is 9.29. The maximum absolute atomic E-state index is 13.2. The van der Waals surface area contributed by atoms with Crippen LogP contribution in [-0.4, -0.2) is 32.5 Å². The number of carbonyl (C=O) groups excluding carboxylic acids is 1. The highest BCUT2D eigenvalue weighted by atomic mass is 32.2. The lowest BCUT2D eigenvalue weighted by Gasteiger charge is -2.29. The van der Waals surface area contributed by atoms with Gasteiger partial charge in [-0.1, -0.05) is 18.2 Å². The van der Waals surface area contributed by atoms with Crippen molar-refractivity contribution in [2.75, 3.05) is 7.11 Å². The number of fused-ring (bicyclic) bond motifs is 1. The number of aromatic nitrogens is 1. The van der Waals surface area contributed by atoms with Crippen LogP contribution in [-0.2, 0) is 14.8 Å². The molecule has 1 fully saturated rings. The Morgan fingerprint density at radius 3 is 2.40 bits per heavy atom. The van der Waals surface area contributed by atoms with E-state index >= 15 is 0 Å². The first-order valence-electron chi connectivity index (χ1n) is 13.5. The molecule has 9 heteroatoms. The fourth-order valence-corrected chi connectivity index (χ4v) is 6.74. The minimum Gasteiger partial charge on any atom is -0.497 e. The molecule has 0 spiro atoms. The predicted molar refractivity (Wildman–Crippen MR) is 154 cm³/mol. The van der Waals surface area contributed by atoms with E-state index in [2.05, 4.69) is 15.0 Å². The van der Waals surface area contributed by atoms with Crippen molar-refractivity contribution in [3.63, 3.8) is 0 Å². The van der Waals surface area contributed by atoms with E-state index in [-0.39, 0.29) is 34.6 Å². The summed E-state index contributed by atoms with van der Waals surface area (Å²) in [6, 6.07) is 18.6. The minimum atomic E-state index is -3.74. The number of carbonyl (C=O) groups is 1. The molecule has 0 saturated heterocycles. The molecule has 1 aliphatic rings. The molecule has 0 bridgehead atoms. The predicted octanol–water partition coefficient (Wildman–Crippen LogP) is 6.01. The molecular weight excluding hydrogens is 529 g/mol. The van der Waals surface area contributed by atoms with Gasteiger partial charge in [0.1, 0.15) is 11.6 Å². The average Bonchev–Trinajstić information content (AvgIpc) is 3.36. The molecule has 1 aromatic heterocycles. The monoisotopic (exact) mass is 563 g/mol. The summed E-state index contributed by atoms with van der Waals surface area (Å²) >= 11 is 0. The number of H-pyrrole nitrogens is 1. The molecule has 3 N–H and O–H groups in total. The third kappa shape index (κ3) is 6.05. The maximum Gasteiger partial charge on any atom is 0.240 e. The standard InChI is InChI=1S/C31H34FN3O4S/c1-19-16-26(39-3)13-15-28(19)30-17-23-8-14-27(18-29(23)34-30)40(37,38)35-25-11-6-22(7-12-25)31(36)33-20(2)21-4-9-24(32)10-5-21/h4-5,8-10,13-18,20,22,25,34-35H,6-7,11-12H2,1-3H3,(H,33,36)/t20-,22-,25-/m1/s1. The molecule has 4 aromatic rings. The molecule has 1 atom stereocenters. The van der Waals surface area contributed by atoms with Crippen LogP contribution in [0.15, 0.2) is 71.6 Å². The van der Waals surface area contributed by atoms with Crippen molar-refractivity contribution >= 4 is 26.8 Å². The van der Waals surface area contributed by atoms with E-state index in [4.69, 9.17) is 4.74 Å². The zero-order chi connectivity index (χ0) is 28.4. The molecule has 1 aliphatic carbocycles. The topological polar surface area (TPSA) is 100 Å². The van der Waals surface area contributed by atoms with Crippen LogP contribution in [0.4, 0.5) is 4.39 Å². The van der Waals surface area contributed by atoms with Gasteiger partial charge in [0, 0.05) is 34.1 Å². The Bertz CT molecular complexity index is 1620. The van der Waals surface area contributed by atoms with Crippen molar-refractivity contribution in [3.05, 3.63) is 83.7 Å². The second-order valence-electron chi connectivity index (χ2n) is 10.6. The minimum absolute atomic E-state index is 0.0572. The summed E-state index contributed by atoms with van der Waals surface area (Å²) in [4.78, 5) is 16.4. The Hall–Kier alpha value is -3.69. The van der Waals surface area contributed by atoms with Crippen LogP contribution in [0.3, 0.4) is 0 Å². The molecule has 0 aliphatic heterocycles. The maximum atomic E-state index is 13.2. The number of benzene rings is 3. The van der Waals surface area contributed by atoms with Gasteiger partial charge < -0.3 is 15.0 Å². The summed E-state index contributed by atoms with van der Waals surface area (Å²) in [6.07, 6.45) is 2.34. The summed E-state index contributed by atoms with van der Waals surface area (Å²) in [6.45, 7) is 3.88. The number of halogens is 1. The van der Waals surface area contributed by atoms with Crippen LogP contribution in [0.5, 0.6) is 5.75 Å². The van der Waals surface area contributed by atoms with E-state index in [9.17, 15) is 17.6 Å². The van der Waals surface area contributed by atoms with Gasteiger partial charge in [0.25, 0.3) is 0 Å². The van der Waals surface area contributed by atoms with Crippen LogP contribution in [0.1, 0.15) is 49.8 Å². The molecule has 3 aromatic carbocycles. The van der Waals surface area contributed by atoms with E-state index in [0.717, 1.165) is 39.0 Å². The summed E-state index contributed by atoms with van der Waals surface area (Å²) in [5.41, 5.74) is 4.55. The van der Waals surface area contributed by atoms with E-state index in [1.807, 2.05) is 44.2 Å². The largest absolute Gasteiger partial charge is 0.497 e. The third-order valence-electron chi connectivity index (χ3n) is 7.78. The van der Waals surface area contributed by atoms with Crippen molar-refractivity contribution in [2.45, 2.75) is 56.5 Å². The highest BCUT2D eigenvalue weighted by Gasteiger charge is 2.30. The van der Waals surface area contributed by atoms with Crippen molar-refractivity contribution in [1.82, 2.24) is 15.0 Å². The van der Waals surface area contributed by atoms with Crippen LogP contribution >= 0.6 is 0 Å². The van der Waals surface area contributed by atoms with Gasteiger partial charge >= 0.3 is 0 Å². The number of nitrogens with one attached hydrogen (secondary N) is 3. The molecule has 0 unspecified atom stereocenters. The number of rotatable bonds is 8. The Morgan fingerprint density at radius 1 is 1.00 bits per heavy atom. The van der Waals surface area contributed by atoms with Crippen LogP contribution in [0.2, 0.25) is 0 Å². The molecule has 40 heavy (non-hydrogen) atoms. The van der Waals surface area contributed by atoms with Crippen LogP contribution in [0, 0.1) is 18.7 Å². The second kappa shape index (κ2) is 11.4. The van der Waals surface area contributed by atoms with E-state index in [1.165, 1.54) is 12.1 Å². The quantitative estimate of drug-likeness (QED) is 0.245. The molecule has 1 saturated carbocycles. The van der Waals surface area contributed by atoms with Gasteiger partial charge in [-0.2, -0.15) is 0 Å². The van der Waals surface area contributed by atoms with Gasteiger partial charge in [-0.15, -0.1) is 0 Å². The fraction of sp³-hybridized carbons (Fsp3) is 0.323. The second-order valence-corrected chi connectivity index (χ2v) is 12.3. The van der Waals surface area contributed by atoms with Crippen molar-refractivity contribution in [2.24, 2.45) is 5.92 Å². The van der Waals surface area contributed by atoms with Crippen molar-refractivity contribution in [1.29, 1.82) is 0 Å². The zero-order valence-electron chi connectivity index (χ0n) is 22.8. The van der Waals surface area contributed by atoms with Gasteiger partial charge in [-0.05, 0) is 99.2 Å². The SMILES string of the molecule is COc1ccc(-c2cc3ccc(S(=O)(=O)N[C@H]4CC[C@H](C(=O)N[C@H](C)c5ccc(F)cc5)CC4)cc3[nH]2)c(C)c1. The highest BCUT2D eigenvalue weighted by molar-refractivity contribution is 7.89. The Balaban J connectivity index is 1.21. The average molecular weight is 564 g/mol. The fourth-order valence-electron chi connectivity index (χ4n) is 5.41. The Labute approximate surface area is 234 Å². The summed E-state index contributed by atoms with van der Waals surface area (Å²) in [5.74, 6) is 0.229. The lowest BCUT2D eigenvalue weighted by Crippen LogP contribution is -2.41. The zero-order valence-corrected chi connectivity index (χ0v) is 23.6. The normalized spacial score (nSPS) is 18.4. The Kier molecular flexibility index (Phi) is 7.96. The van der Waals surface area contributed by atoms with E-state index in [1.54, 1.807) is 31.4 Å². The number of methoxy groups -OCH3 is 1. The summed E-state index contributed by atoms with van der Waals surface area (Å²) in [7, 11) is -2.10. The van der Waals surface area contributed by atoms with Gasteiger partial charge in [-0.3, -0.25) is 4.79 Å². The molecule has 5 rings (SSSR count). The van der Waals surface area contributed by atoms with Crippen LogP contribution in [0.25, 0.3) is 22.2 Å². The molecule has 1 amide bonds. The number of hydrogen-bond acceptors (Lipinski definition) is 4. The lowest BCUT2D eigenvalue weighted by atomic mass is 9.85. The number of ether oxygens (including phenoxy) is 1. The van der Waals surface area contributed by atoms with Gasteiger partial charge in [-0.25, -0.2) is 17.5 Å². The molecule has 1 heterocycles. The number of sulfonamides is 1. The van der Waals surface area contributed by atoms with Gasteiger partial charge in [0.15, 0.2) is 0 Å². The number of amides is 1. The molecule has 0 radical (unpaired) electrons. The first-order valence-corrected chi connectivity index (χ1v) is 15.0. The number of aromatic amines is 1. The summed E-state index contributed by atoms with van der Waals surface area (Å²) in [5, 5.41) is 3.93. The van der Waals surface area contributed by atoms with E-state index < -0.39 is 10.0 Å². The highest BCUT2D eigenvalue weighted by Crippen LogP contribution is 2.31. The number of hydrogen-bond donors (Lipinski definition) is 3. The van der Waals surface area contributed by atoms with E-state index in [0.29, 0.717) is 25.7 Å². The molecule has 7 nitrogen and oxygen atoms in total. The smallest absolute Gasteiger partial charge is 0.240 e. The lowest BCUT2D eigenvalue weighted by molar-refractivity contribution is -0.126. The first-order chi connectivity index (χ1) is 19.1. The molecular formula is C31H34FN3O4S. The summed E-state index contributed by atoms with van der Waals surface area (Å²) < 4.78 is 47.8. The van der Waals surface area contributed by atoms with Crippen molar-refractivity contribution < 1.29 is 22.3 Å². The van der Waals surface area contributed by atoms with Gasteiger partial charge in [0.2, 0.25) is 15.9 Å².